The van der Waals surface area contributed by atoms with Crippen molar-refractivity contribution in [2.75, 3.05) is 36.5 Å². The van der Waals surface area contributed by atoms with Crippen molar-refractivity contribution in [2.45, 2.75) is 33.8 Å². The Kier molecular flexibility index (Phi) is 6.04. The molecule has 1 aliphatic rings. The molecule has 2 aromatic rings. The van der Waals surface area contributed by atoms with E-state index < -0.39 is 5.97 Å². The Morgan fingerprint density at radius 3 is 2.61 bits per heavy atom. The van der Waals surface area contributed by atoms with Crippen LogP contribution in [0.5, 0.6) is 0 Å². The first kappa shape index (κ1) is 19.9. The Hall–Kier alpha value is -2.80. The standard InChI is InChI=1S/C21H27N3O4/c1-13(2)28-21(26)18-14(3)19(22-15(18)4)20(25)23-16-6-5-7-17(12-16)24-8-10-27-11-9-24/h5-7,12-13,22H,8-11H2,1-4H3,(H,23,25). The number of aryl methyl sites for hydroxylation is 1. The van der Waals surface area contributed by atoms with E-state index in [0.29, 0.717) is 41.4 Å². The summed E-state index contributed by atoms with van der Waals surface area (Å²) in [5.41, 5.74) is 3.74. The number of esters is 1. The molecule has 0 bridgehead atoms. The summed E-state index contributed by atoms with van der Waals surface area (Å²) in [7, 11) is 0. The van der Waals surface area contributed by atoms with Gasteiger partial charge in [0.25, 0.3) is 5.91 Å². The van der Waals surface area contributed by atoms with Gasteiger partial charge >= 0.3 is 5.97 Å². The summed E-state index contributed by atoms with van der Waals surface area (Å²) in [5, 5.41) is 2.92. The van der Waals surface area contributed by atoms with E-state index in [9.17, 15) is 9.59 Å². The molecule has 7 nitrogen and oxygen atoms in total. The van der Waals surface area contributed by atoms with Crippen molar-refractivity contribution < 1.29 is 19.1 Å². The Labute approximate surface area is 165 Å². The van der Waals surface area contributed by atoms with Crippen molar-refractivity contribution in [1.82, 2.24) is 4.98 Å². The van der Waals surface area contributed by atoms with E-state index in [0.717, 1.165) is 18.8 Å². The maximum absolute atomic E-state index is 12.8. The van der Waals surface area contributed by atoms with Crippen LogP contribution in [0.25, 0.3) is 0 Å². The number of aromatic nitrogens is 1. The highest BCUT2D eigenvalue weighted by atomic mass is 16.5. The number of hydrogen-bond donors (Lipinski definition) is 2. The zero-order valence-corrected chi connectivity index (χ0v) is 16.8. The second-order valence-electron chi connectivity index (χ2n) is 7.18. The average molecular weight is 385 g/mol. The number of hydrogen-bond acceptors (Lipinski definition) is 5. The number of carbonyl (C=O) groups is 2. The van der Waals surface area contributed by atoms with Crippen molar-refractivity contribution in [3.05, 3.63) is 46.8 Å². The number of carbonyl (C=O) groups excluding carboxylic acids is 2. The minimum Gasteiger partial charge on any atom is -0.459 e. The van der Waals surface area contributed by atoms with Gasteiger partial charge in [-0.05, 0) is 51.5 Å². The molecule has 0 atom stereocenters. The molecule has 0 spiro atoms. The molecule has 1 amide bonds. The van der Waals surface area contributed by atoms with E-state index in [2.05, 4.69) is 15.2 Å². The Bertz CT molecular complexity index is 867. The number of ether oxygens (including phenoxy) is 2. The van der Waals surface area contributed by atoms with Crippen LogP contribution in [0.3, 0.4) is 0 Å². The molecule has 2 heterocycles. The maximum Gasteiger partial charge on any atom is 0.340 e. The van der Waals surface area contributed by atoms with Crippen molar-refractivity contribution in [3.8, 4) is 0 Å². The minimum atomic E-state index is -0.422. The maximum atomic E-state index is 12.8. The van der Waals surface area contributed by atoms with Crippen LogP contribution in [-0.2, 0) is 9.47 Å². The molecule has 1 aromatic heterocycles. The monoisotopic (exact) mass is 385 g/mol. The van der Waals surface area contributed by atoms with E-state index in [1.165, 1.54) is 0 Å². The lowest BCUT2D eigenvalue weighted by atomic mass is 10.1. The van der Waals surface area contributed by atoms with Gasteiger partial charge in [0, 0.05) is 30.2 Å². The topological polar surface area (TPSA) is 83.7 Å². The first-order valence-corrected chi connectivity index (χ1v) is 9.51. The molecule has 28 heavy (non-hydrogen) atoms. The highest BCUT2D eigenvalue weighted by molar-refractivity contribution is 6.07. The van der Waals surface area contributed by atoms with Gasteiger partial charge in [-0.2, -0.15) is 0 Å². The summed E-state index contributed by atoms with van der Waals surface area (Å²) >= 11 is 0. The second kappa shape index (κ2) is 8.48. The van der Waals surface area contributed by atoms with Gasteiger partial charge in [-0.1, -0.05) is 6.07 Å². The lowest BCUT2D eigenvalue weighted by molar-refractivity contribution is 0.0376. The van der Waals surface area contributed by atoms with Gasteiger partial charge in [0.2, 0.25) is 0 Å². The third kappa shape index (κ3) is 4.36. The molecule has 1 aromatic carbocycles. The van der Waals surface area contributed by atoms with E-state index in [1.807, 2.05) is 24.3 Å². The summed E-state index contributed by atoms with van der Waals surface area (Å²) in [6.07, 6.45) is -0.221. The molecule has 2 N–H and O–H groups in total. The zero-order valence-electron chi connectivity index (χ0n) is 16.8. The van der Waals surface area contributed by atoms with E-state index in [1.54, 1.807) is 27.7 Å². The van der Waals surface area contributed by atoms with Crippen LogP contribution in [0.2, 0.25) is 0 Å². The number of benzene rings is 1. The normalized spacial score (nSPS) is 14.2. The minimum absolute atomic E-state index is 0.221. The summed E-state index contributed by atoms with van der Waals surface area (Å²) in [5.74, 6) is -0.710. The van der Waals surface area contributed by atoms with Gasteiger partial charge in [-0.15, -0.1) is 0 Å². The Morgan fingerprint density at radius 2 is 1.93 bits per heavy atom. The largest absolute Gasteiger partial charge is 0.459 e. The van der Waals surface area contributed by atoms with Crippen LogP contribution < -0.4 is 10.2 Å². The fourth-order valence-electron chi connectivity index (χ4n) is 3.35. The van der Waals surface area contributed by atoms with Crippen LogP contribution in [0, 0.1) is 13.8 Å². The number of H-pyrrole nitrogens is 1. The molecular weight excluding hydrogens is 358 g/mol. The number of morpholine rings is 1. The summed E-state index contributed by atoms with van der Waals surface area (Å²) in [6.45, 7) is 10.2. The number of aromatic amines is 1. The molecule has 0 aliphatic carbocycles. The highest BCUT2D eigenvalue weighted by Gasteiger charge is 2.24. The van der Waals surface area contributed by atoms with E-state index in [-0.39, 0.29) is 12.0 Å². The fourth-order valence-corrected chi connectivity index (χ4v) is 3.35. The van der Waals surface area contributed by atoms with Gasteiger partial charge in [0.1, 0.15) is 5.69 Å². The molecule has 0 radical (unpaired) electrons. The molecular formula is C21H27N3O4. The first-order chi connectivity index (χ1) is 13.4. The SMILES string of the molecule is Cc1[nH]c(C(=O)Nc2cccc(N3CCOCC3)c2)c(C)c1C(=O)OC(C)C. The van der Waals surface area contributed by atoms with Crippen molar-refractivity contribution >= 4 is 23.3 Å². The lowest BCUT2D eigenvalue weighted by Gasteiger charge is -2.29. The number of rotatable bonds is 5. The molecule has 0 saturated carbocycles. The Morgan fingerprint density at radius 1 is 1.21 bits per heavy atom. The van der Waals surface area contributed by atoms with Crippen LogP contribution in [0.4, 0.5) is 11.4 Å². The summed E-state index contributed by atoms with van der Waals surface area (Å²) in [4.78, 5) is 30.4. The van der Waals surface area contributed by atoms with Gasteiger partial charge < -0.3 is 24.7 Å². The fraction of sp³-hybridized carbons (Fsp3) is 0.429. The van der Waals surface area contributed by atoms with Crippen LogP contribution in [0.15, 0.2) is 24.3 Å². The smallest absolute Gasteiger partial charge is 0.340 e. The summed E-state index contributed by atoms with van der Waals surface area (Å²) < 4.78 is 10.7. The molecule has 7 heteroatoms. The highest BCUT2D eigenvalue weighted by Crippen LogP contribution is 2.23. The first-order valence-electron chi connectivity index (χ1n) is 9.51. The predicted molar refractivity (Wildman–Crippen MR) is 108 cm³/mol. The van der Waals surface area contributed by atoms with Gasteiger partial charge in [-0.25, -0.2) is 4.79 Å². The molecule has 1 aliphatic heterocycles. The predicted octanol–water partition coefficient (Wildman–Crippen LogP) is 3.29. The van der Waals surface area contributed by atoms with Gasteiger partial charge in [0.15, 0.2) is 0 Å². The number of amides is 1. The molecule has 1 fully saturated rings. The van der Waals surface area contributed by atoms with Crippen molar-refractivity contribution in [3.63, 3.8) is 0 Å². The zero-order chi connectivity index (χ0) is 20.3. The summed E-state index contributed by atoms with van der Waals surface area (Å²) in [6, 6.07) is 7.73. The third-order valence-corrected chi connectivity index (χ3v) is 4.69. The number of nitrogens with zero attached hydrogens (tertiary/aromatic N) is 1. The number of anilines is 2. The van der Waals surface area contributed by atoms with Crippen LogP contribution in [0.1, 0.15) is 46.0 Å². The molecule has 3 rings (SSSR count). The van der Waals surface area contributed by atoms with Crippen molar-refractivity contribution in [2.24, 2.45) is 0 Å². The van der Waals surface area contributed by atoms with Crippen molar-refractivity contribution in [1.29, 1.82) is 0 Å². The third-order valence-electron chi connectivity index (χ3n) is 4.69. The molecule has 1 saturated heterocycles. The second-order valence-corrected chi connectivity index (χ2v) is 7.18. The average Bonchev–Trinajstić information content (AvgIpc) is 2.96. The molecule has 0 unspecified atom stereocenters. The lowest BCUT2D eigenvalue weighted by Crippen LogP contribution is -2.36. The van der Waals surface area contributed by atoms with E-state index >= 15 is 0 Å². The van der Waals surface area contributed by atoms with Gasteiger partial charge in [-0.3, -0.25) is 4.79 Å². The van der Waals surface area contributed by atoms with Gasteiger partial charge in [0.05, 0.1) is 24.9 Å². The van der Waals surface area contributed by atoms with Crippen LogP contribution in [-0.4, -0.2) is 49.3 Å². The van der Waals surface area contributed by atoms with E-state index in [4.69, 9.17) is 9.47 Å². The molecule has 150 valence electrons. The Balaban J connectivity index is 1.77. The quantitative estimate of drug-likeness (QED) is 0.772. The number of nitrogens with one attached hydrogen (secondary N) is 2. The van der Waals surface area contributed by atoms with Crippen LogP contribution >= 0.6 is 0 Å².